The molecule has 0 spiro atoms. The van der Waals surface area contributed by atoms with Crippen LogP contribution in [0.1, 0.15) is 42.0 Å². The summed E-state index contributed by atoms with van der Waals surface area (Å²) in [4.78, 5) is 11.5. The summed E-state index contributed by atoms with van der Waals surface area (Å²) in [7, 11) is 3.10. The summed E-state index contributed by atoms with van der Waals surface area (Å²) >= 11 is 0. The number of hydrogen-bond acceptors (Lipinski definition) is 4. The molecular weight excluding hydrogens is 376 g/mol. The van der Waals surface area contributed by atoms with E-state index in [-0.39, 0.29) is 12.4 Å². The molecule has 0 radical (unpaired) electrons. The van der Waals surface area contributed by atoms with E-state index in [2.05, 4.69) is 38.1 Å². The highest BCUT2D eigenvalue weighted by molar-refractivity contribution is 5.72. The van der Waals surface area contributed by atoms with Crippen molar-refractivity contribution in [3.63, 3.8) is 0 Å². The van der Waals surface area contributed by atoms with Crippen LogP contribution >= 0.6 is 0 Å². The fourth-order valence-corrected chi connectivity index (χ4v) is 3.34. The number of esters is 1. The first-order valence-electron chi connectivity index (χ1n) is 10.1. The maximum atomic E-state index is 11.5. The number of benzene rings is 3. The fraction of sp³-hybridized carbons (Fsp3) is 0.269. The van der Waals surface area contributed by atoms with Gasteiger partial charge < -0.3 is 14.2 Å². The molecule has 0 heterocycles. The third kappa shape index (κ3) is 5.41. The molecule has 0 aromatic heterocycles. The van der Waals surface area contributed by atoms with Crippen molar-refractivity contribution in [2.75, 3.05) is 14.2 Å². The third-order valence-electron chi connectivity index (χ3n) is 5.00. The third-order valence-corrected chi connectivity index (χ3v) is 5.00. The van der Waals surface area contributed by atoms with Gasteiger partial charge in [-0.15, -0.1) is 0 Å². The van der Waals surface area contributed by atoms with Gasteiger partial charge in [-0.1, -0.05) is 56.3 Å². The number of methoxy groups -OCH3 is 2. The molecule has 4 heteroatoms. The van der Waals surface area contributed by atoms with E-state index in [1.807, 2.05) is 42.5 Å². The molecule has 0 atom stereocenters. The van der Waals surface area contributed by atoms with E-state index in [0.717, 1.165) is 40.4 Å². The topological polar surface area (TPSA) is 44.8 Å². The SMILES string of the molecule is COC(=O)Cc1ccc(Oc2cc(C(C)C)c(OC)cc2Cc2ccccc2)cc1. The van der Waals surface area contributed by atoms with Gasteiger partial charge in [0.25, 0.3) is 0 Å². The normalized spacial score (nSPS) is 10.7. The van der Waals surface area contributed by atoms with Crippen molar-refractivity contribution in [3.05, 3.63) is 89.0 Å². The first-order valence-corrected chi connectivity index (χ1v) is 10.1. The van der Waals surface area contributed by atoms with Gasteiger partial charge >= 0.3 is 5.97 Å². The Hall–Kier alpha value is -3.27. The number of ether oxygens (including phenoxy) is 3. The molecule has 0 saturated carbocycles. The highest BCUT2D eigenvalue weighted by Crippen LogP contribution is 2.37. The maximum absolute atomic E-state index is 11.5. The van der Waals surface area contributed by atoms with Gasteiger partial charge in [-0.3, -0.25) is 4.79 Å². The Morgan fingerprint density at radius 3 is 2.17 bits per heavy atom. The molecule has 0 unspecified atom stereocenters. The van der Waals surface area contributed by atoms with Crippen molar-refractivity contribution >= 4 is 5.97 Å². The molecule has 4 nitrogen and oxygen atoms in total. The van der Waals surface area contributed by atoms with Gasteiger partial charge in [-0.2, -0.15) is 0 Å². The number of carbonyl (C=O) groups excluding carboxylic acids is 1. The van der Waals surface area contributed by atoms with Crippen LogP contribution in [0.4, 0.5) is 0 Å². The van der Waals surface area contributed by atoms with Crippen LogP contribution in [0.25, 0.3) is 0 Å². The maximum Gasteiger partial charge on any atom is 0.309 e. The molecule has 3 rings (SSSR count). The van der Waals surface area contributed by atoms with Crippen molar-refractivity contribution in [2.45, 2.75) is 32.6 Å². The van der Waals surface area contributed by atoms with Crippen LogP contribution in [0.5, 0.6) is 17.2 Å². The summed E-state index contributed by atoms with van der Waals surface area (Å²) in [5.74, 6) is 2.44. The summed E-state index contributed by atoms with van der Waals surface area (Å²) in [6.45, 7) is 4.28. The Labute approximate surface area is 178 Å². The minimum absolute atomic E-state index is 0.246. The van der Waals surface area contributed by atoms with Crippen molar-refractivity contribution in [3.8, 4) is 17.2 Å². The van der Waals surface area contributed by atoms with Crippen LogP contribution in [0.3, 0.4) is 0 Å². The summed E-state index contributed by atoms with van der Waals surface area (Å²) in [6.07, 6.45) is 0.988. The number of rotatable bonds is 8. The van der Waals surface area contributed by atoms with E-state index in [1.165, 1.54) is 12.7 Å². The predicted molar refractivity (Wildman–Crippen MR) is 119 cm³/mol. The van der Waals surface area contributed by atoms with E-state index in [4.69, 9.17) is 14.2 Å². The first-order chi connectivity index (χ1) is 14.5. The Balaban J connectivity index is 1.92. The van der Waals surface area contributed by atoms with Gasteiger partial charge in [0.1, 0.15) is 17.2 Å². The molecule has 30 heavy (non-hydrogen) atoms. The van der Waals surface area contributed by atoms with E-state index < -0.39 is 0 Å². The molecule has 0 fully saturated rings. The highest BCUT2D eigenvalue weighted by atomic mass is 16.5. The summed E-state index contributed by atoms with van der Waals surface area (Å²) in [6, 6.07) is 22.0. The smallest absolute Gasteiger partial charge is 0.309 e. The standard InChI is InChI=1S/C26H28O4/c1-18(2)23-17-24(30-22-12-10-20(11-13-22)15-26(27)29-4)21(16-25(23)28-3)14-19-8-6-5-7-9-19/h5-13,16-18H,14-15H2,1-4H3. The monoisotopic (exact) mass is 404 g/mol. The van der Waals surface area contributed by atoms with E-state index >= 15 is 0 Å². The lowest BCUT2D eigenvalue weighted by Crippen LogP contribution is -2.04. The molecule has 0 aliphatic rings. The van der Waals surface area contributed by atoms with Crippen LogP contribution in [-0.4, -0.2) is 20.2 Å². The predicted octanol–water partition coefficient (Wildman–Crippen LogP) is 5.92. The molecule has 3 aromatic carbocycles. The quantitative estimate of drug-likeness (QED) is 0.437. The second kappa shape index (κ2) is 9.97. The molecule has 0 saturated heterocycles. The molecule has 0 aliphatic carbocycles. The van der Waals surface area contributed by atoms with E-state index in [1.54, 1.807) is 7.11 Å². The van der Waals surface area contributed by atoms with Gasteiger partial charge in [0, 0.05) is 17.5 Å². The van der Waals surface area contributed by atoms with E-state index in [0.29, 0.717) is 5.92 Å². The lowest BCUT2D eigenvalue weighted by Gasteiger charge is -2.18. The fourth-order valence-electron chi connectivity index (χ4n) is 3.34. The Kier molecular flexibility index (Phi) is 7.12. The van der Waals surface area contributed by atoms with Gasteiger partial charge in [0.15, 0.2) is 0 Å². The van der Waals surface area contributed by atoms with Gasteiger partial charge in [0.05, 0.1) is 20.6 Å². The van der Waals surface area contributed by atoms with Crippen LogP contribution in [-0.2, 0) is 22.4 Å². The number of hydrogen-bond donors (Lipinski definition) is 0. The minimum Gasteiger partial charge on any atom is -0.496 e. The summed E-state index contributed by atoms with van der Waals surface area (Å²) in [5, 5.41) is 0. The molecule has 3 aromatic rings. The van der Waals surface area contributed by atoms with E-state index in [9.17, 15) is 4.79 Å². The first kappa shape index (κ1) is 21.4. The van der Waals surface area contributed by atoms with Gasteiger partial charge in [-0.05, 0) is 41.3 Å². The largest absolute Gasteiger partial charge is 0.496 e. The molecule has 0 amide bonds. The molecule has 0 aliphatic heterocycles. The van der Waals surface area contributed by atoms with Crippen molar-refractivity contribution in [1.82, 2.24) is 0 Å². The average molecular weight is 405 g/mol. The summed E-state index contributed by atoms with van der Waals surface area (Å²) < 4.78 is 16.7. The van der Waals surface area contributed by atoms with Crippen LogP contribution < -0.4 is 9.47 Å². The van der Waals surface area contributed by atoms with Crippen molar-refractivity contribution in [2.24, 2.45) is 0 Å². The van der Waals surface area contributed by atoms with Gasteiger partial charge in [-0.25, -0.2) is 0 Å². The van der Waals surface area contributed by atoms with Gasteiger partial charge in [0.2, 0.25) is 0 Å². The number of carbonyl (C=O) groups is 1. The van der Waals surface area contributed by atoms with Crippen molar-refractivity contribution in [1.29, 1.82) is 0 Å². The van der Waals surface area contributed by atoms with Crippen LogP contribution in [0, 0.1) is 0 Å². The Morgan fingerprint density at radius 1 is 0.867 bits per heavy atom. The molecule has 0 N–H and O–H groups in total. The zero-order valence-electron chi connectivity index (χ0n) is 18.0. The van der Waals surface area contributed by atoms with Crippen molar-refractivity contribution < 1.29 is 19.0 Å². The molecule has 156 valence electrons. The zero-order chi connectivity index (χ0) is 21.5. The molecular formula is C26H28O4. The second-order valence-corrected chi connectivity index (χ2v) is 7.52. The Bertz CT molecular complexity index is 976. The lowest BCUT2D eigenvalue weighted by molar-refractivity contribution is -0.139. The van der Waals surface area contributed by atoms with Crippen LogP contribution in [0.2, 0.25) is 0 Å². The zero-order valence-corrected chi connectivity index (χ0v) is 18.0. The average Bonchev–Trinajstić information content (AvgIpc) is 2.76. The summed E-state index contributed by atoms with van der Waals surface area (Å²) in [5.41, 5.74) is 4.25. The Morgan fingerprint density at radius 2 is 1.57 bits per heavy atom. The van der Waals surface area contributed by atoms with Crippen LogP contribution in [0.15, 0.2) is 66.7 Å². The second-order valence-electron chi connectivity index (χ2n) is 7.52. The lowest BCUT2D eigenvalue weighted by atomic mass is 9.96. The molecule has 0 bridgehead atoms. The minimum atomic E-state index is -0.259. The highest BCUT2D eigenvalue weighted by Gasteiger charge is 2.15.